The third-order valence-electron chi connectivity index (χ3n) is 2.75. The summed E-state index contributed by atoms with van der Waals surface area (Å²) in [6.45, 7) is 2.35. The van der Waals surface area contributed by atoms with Crippen molar-refractivity contribution in [3.63, 3.8) is 0 Å². The zero-order valence-electron chi connectivity index (χ0n) is 9.73. The highest BCUT2D eigenvalue weighted by Gasteiger charge is 2.03. The Morgan fingerprint density at radius 2 is 2.18 bits per heavy atom. The van der Waals surface area contributed by atoms with E-state index in [0.717, 1.165) is 5.39 Å². The second-order valence-corrected chi connectivity index (χ2v) is 4.04. The first-order chi connectivity index (χ1) is 8.20. The number of hydrogen-bond donors (Lipinski definition) is 3. The lowest BCUT2D eigenvalue weighted by Gasteiger charge is -2.10. The Labute approximate surface area is 99.3 Å². The average molecular weight is 232 g/mol. The SMILES string of the molecule is CCC(O)CNc1cc2ccccc2c(=O)[nH]1. The van der Waals surface area contributed by atoms with E-state index in [2.05, 4.69) is 10.3 Å². The van der Waals surface area contributed by atoms with E-state index in [1.165, 1.54) is 0 Å². The minimum atomic E-state index is -0.398. The zero-order valence-corrected chi connectivity index (χ0v) is 9.73. The normalized spacial score (nSPS) is 12.6. The molecule has 0 bridgehead atoms. The number of hydrogen-bond acceptors (Lipinski definition) is 3. The van der Waals surface area contributed by atoms with Gasteiger partial charge in [-0.1, -0.05) is 25.1 Å². The van der Waals surface area contributed by atoms with Gasteiger partial charge >= 0.3 is 0 Å². The fraction of sp³-hybridized carbons (Fsp3) is 0.308. The summed E-state index contributed by atoms with van der Waals surface area (Å²) in [6.07, 6.45) is 0.287. The van der Waals surface area contributed by atoms with Crippen LogP contribution in [0.2, 0.25) is 0 Å². The van der Waals surface area contributed by atoms with Crippen LogP contribution < -0.4 is 10.9 Å². The molecule has 0 aliphatic carbocycles. The van der Waals surface area contributed by atoms with Crippen LogP contribution in [0.1, 0.15) is 13.3 Å². The van der Waals surface area contributed by atoms with Gasteiger partial charge in [0.25, 0.3) is 5.56 Å². The topological polar surface area (TPSA) is 65.1 Å². The molecule has 0 aliphatic rings. The first kappa shape index (κ1) is 11.7. The Hall–Kier alpha value is -1.81. The lowest BCUT2D eigenvalue weighted by Crippen LogP contribution is -2.20. The predicted octanol–water partition coefficient (Wildman–Crippen LogP) is 1.71. The number of benzene rings is 1. The Balaban J connectivity index is 2.28. The lowest BCUT2D eigenvalue weighted by atomic mass is 10.2. The number of aliphatic hydroxyl groups is 1. The van der Waals surface area contributed by atoms with E-state index in [4.69, 9.17) is 0 Å². The quantitative estimate of drug-likeness (QED) is 0.752. The second kappa shape index (κ2) is 5.01. The summed E-state index contributed by atoms with van der Waals surface area (Å²) in [7, 11) is 0. The molecule has 2 rings (SSSR count). The molecule has 2 aromatic rings. The smallest absolute Gasteiger partial charge is 0.257 e. The zero-order chi connectivity index (χ0) is 12.3. The predicted molar refractivity (Wildman–Crippen MR) is 69.4 cm³/mol. The van der Waals surface area contributed by atoms with E-state index in [1.54, 1.807) is 6.07 Å². The van der Waals surface area contributed by atoms with Gasteiger partial charge < -0.3 is 15.4 Å². The van der Waals surface area contributed by atoms with Crippen LogP contribution in [0.5, 0.6) is 0 Å². The van der Waals surface area contributed by atoms with Crippen LogP contribution in [-0.2, 0) is 0 Å². The van der Waals surface area contributed by atoms with Crippen LogP contribution in [-0.4, -0.2) is 22.7 Å². The highest BCUT2D eigenvalue weighted by atomic mass is 16.3. The van der Waals surface area contributed by atoms with Crippen molar-refractivity contribution in [2.45, 2.75) is 19.4 Å². The fourth-order valence-electron chi connectivity index (χ4n) is 1.68. The van der Waals surface area contributed by atoms with E-state index in [-0.39, 0.29) is 5.56 Å². The maximum Gasteiger partial charge on any atom is 0.257 e. The molecule has 17 heavy (non-hydrogen) atoms. The molecule has 1 aromatic carbocycles. The number of aliphatic hydroxyl groups excluding tert-OH is 1. The van der Waals surface area contributed by atoms with E-state index < -0.39 is 6.10 Å². The molecule has 0 saturated carbocycles. The minimum Gasteiger partial charge on any atom is -0.391 e. The lowest BCUT2D eigenvalue weighted by molar-refractivity contribution is 0.183. The number of fused-ring (bicyclic) bond motifs is 1. The standard InChI is InChI=1S/C13H16N2O2/c1-2-10(16)8-14-12-7-9-5-3-4-6-11(9)13(17)15-12/h3-7,10,16H,2,8H2,1H3,(H2,14,15,17). The van der Waals surface area contributed by atoms with Gasteiger partial charge in [0.15, 0.2) is 0 Å². The summed E-state index contributed by atoms with van der Waals surface area (Å²) in [5.41, 5.74) is -0.114. The van der Waals surface area contributed by atoms with Gasteiger partial charge in [-0.15, -0.1) is 0 Å². The van der Waals surface area contributed by atoms with Gasteiger partial charge in [-0.25, -0.2) is 0 Å². The number of rotatable bonds is 4. The highest BCUT2D eigenvalue weighted by Crippen LogP contribution is 2.12. The summed E-state index contributed by atoms with van der Waals surface area (Å²) in [6, 6.07) is 9.29. The van der Waals surface area contributed by atoms with Gasteiger partial charge in [0.1, 0.15) is 5.82 Å². The molecule has 0 saturated heterocycles. The minimum absolute atomic E-state index is 0.114. The second-order valence-electron chi connectivity index (χ2n) is 4.04. The summed E-state index contributed by atoms with van der Waals surface area (Å²) < 4.78 is 0. The third kappa shape index (κ3) is 2.65. The molecule has 0 fully saturated rings. The van der Waals surface area contributed by atoms with Crippen LogP contribution in [0.3, 0.4) is 0 Å². The summed E-state index contributed by atoms with van der Waals surface area (Å²) >= 11 is 0. The number of anilines is 1. The Morgan fingerprint density at radius 3 is 2.94 bits per heavy atom. The van der Waals surface area contributed by atoms with Gasteiger partial charge in [0.05, 0.1) is 6.10 Å². The molecule has 1 unspecified atom stereocenters. The van der Waals surface area contributed by atoms with Crippen molar-refractivity contribution in [2.24, 2.45) is 0 Å². The summed E-state index contributed by atoms with van der Waals surface area (Å²) in [4.78, 5) is 14.5. The molecule has 0 aliphatic heterocycles. The van der Waals surface area contributed by atoms with E-state index in [1.807, 2.05) is 31.2 Å². The molecule has 0 spiro atoms. The van der Waals surface area contributed by atoms with Gasteiger partial charge in [0, 0.05) is 11.9 Å². The molecular weight excluding hydrogens is 216 g/mol. The molecule has 1 heterocycles. The molecule has 0 radical (unpaired) electrons. The van der Waals surface area contributed by atoms with Crippen LogP contribution in [0.15, 0.2) is 35.1 Å². The van der Waals surface area contributed by atoms with E-state index in [0.29, 0.717) is 24.2 Å². The van der Waals surface area contributed by atoms with Gasteiger partial charge in [0.2, 0.25) is 0 Å². The average Bonchev–Trinajstić information content (AvgIpc) is 2.36. The Bertz CT molecular complexity index is 563. The van der Waals surface area contributed by atoms with E-state index >= 15 is 0 Å². The molecule has 90 valence electrons. The van der Waals surface area contributed by atoms with Crippen molar-refractivity contribution in [3.05, 3.63) is 40.7 Å². The van der Waals surface area contributed by atoms with Crippen molar-refractivity contribution in [1.29, 1.82) is 0 Å². The molecule has 1 atom stereocenters. The third-order valence-corrected chi connectivity index (χ3v) is 2.75. The van der Waals surface area contributed by atoms with Crippen molar-refractivity contribution >= 4 is 16.6 Å². The summed E-state index contributed by atoms with van der Waals surface area (Å²) in [5, 5.41) is 14.0. The van der Waals surface area contributed by atoms with E-state index in [9.17, 15) is 9.90 Å². The molecule has 1 aromatic heterocycles. The van der Waals surface area contributed by atoms with Crippen LogP contribution in [0.25, 0.3) is 10.8 Å². The number of H-pyrrole nitrogens is 1. The highest BCUT2D eigenvalue weighted by molar-refractivity contribution is 5.83. The molecule has 4 nitrogen and oxygen atoms in total. The maximum absolute atomic E-state index is 11.8. The summed E-state index contributed by atoms with van der Waals surface area (Å²) in [5.74, 6) is 0.640. The van der Waals surface area contributed by atoms with Crippen molar-refractivity contribution in [2.75, 3.05) is 11.9 Å². The monoisotopic (exact) mass is 232 g/mol. The largest absolute Gasteiger partial charge is 0.391 e. The number of nitrogens with one attached hydrogen (secondary N) is 2. The van der Waals surface area contributed by atoms with Gasteiger partial charge in [-0.05, 0) is 23.9 Å². The number of aromatic amines is 1. The number of pyridine rings is 1. The number of aromatic nitrogens is 1. The van der Waals surface area contributed by atoms with Crippen molar-refractivity contribution in [3.8, 4) is 0 Å². The first-order valence-corrected chi connectivity index (χ1v) is 5.74. The van der Waals surface area contributed by atoms with Crippen molar-refractivity contribution in [1.82, 2.24) is 4.98 Å². The van der Waals surface area contributed by atoms with Crippen LogP contribution in [0.4, 0.5) is 5.82 Å². The Morgan fingerprint density at radius 1 is 1.41 bits per heavy atom. The first-order valence-electron chi connectivity index (χ1n) is 5.74. The maximum atomic E-state index is 11.8. The molecule has 0 amide bonds. The molecule has 3 N–H and O–H groups in total. The molecule has 4 heteroatoms. The molecular formula is C13H16N2O2. The Kier molecular flexibility index (Phi) is 3.44. The fourth-order valence-corrected chi connectivity index (χ4v) is 1.68. The van der Waals surface area contributed by atoms with Crippen LogP contribution >= 0.6 is 0 Å². The van der Waals surface area contributed by atoms with Crippen LogP contribution in [0, 0.1) is 0 Å². The van der Waals surface area contributed by atoms with Crippen molar-refractivity contribution < 1.29 is 5.11 Å². The van der Waals surface area contributed by atoms with Gasteiger partial charge in [-0.3, -0.25) is 4.79 Å². The van der Waals surface area contributed by atoms with Gasteiger partial charge in [-0.2, -0.15) is 0 Å².